The lowest BCUT2D eigenvalue weighted by molar-refractivity contribution is 0.223. The highest BCUT2D eigenvalue weighted by Gasteiger charge is 2.35. The SMILES string of the molecule is COc1ccc(-c2noc(C3CC(N[C@H](C)c4cccc5ccccc45)C3)n2)cc1. The zero-order valence-corrected chi connectivity index (χ0v) is 17.2. The molecule has 0 radical (unpaired) electrons. The van der Waals surface area contributed by atoms with Crippen molar-refractivity contribution in [1.29, 1.82) is 0 Å². The van der Waals surface area contributed by atoms with Crippen LogP contribution in [0.1, 0.15) is 43.2 Å². The fourth-order valence-corrected chi connectivity index (χ4v) is 4.29. The van der Waals surface area contributed by atoms with Gasteiger partial charge in [0.15, 0.2) is 0 Å². The molecule has 1 N–H and O–H groups in total. The molecule has 1 atom stereocenters. The fourth-order valence-electron chi connectivity index (χ4n) is 4.29. The second-order valence-corrected chi connectivity index (χ2v) is 8.01. The average molecular weight is 399 g/mol. The van der Waals surface area contributed by atoms with E-state index in [1.807, 2.05) is 24.3 Å². The molecule has 30 heavy (non-hydrogen) atoms. The minimum Gasteiger partial charge on any atom is -0.497 e. The molecule has 1 saturated carbocycles. The summed E-state index contributed by atoms with van der Waals surface area (Å²) < 4.78 is 10.8. The molecular formula is C25H25N3O2. The van der Waals surface area contributed by atoms with E-state index in [2.05, 4.69) is 64.8 Å². The summed E-state index contributed by atoms with van der Waals surface area (Å²) in [7, 11) is 1.66. The van der Waals surface area contributed by atoms with Crippen LogP contribution in [0, 0.1) is 0 Å². The van der Waals surface area contributed by atoms with Crippen molar-refractivity contribution in [3.8, 4) is 17.1 Å². The van der Waals surface area contributed by atoms with Gasteiger partial charge in [-0.15, -0.1) is 0 Å². The molecule has 0 bridgehead atoms. The third-order valence-electron chi connectivity index (χ3n) is 6.05. The van der Waals surface area contributed by atoms with E-state index in [4.69, 9.17) is 9.26 Å². The zero-order chi connectivity index (χ0) is 20.5. The van der Waals surface area contributed by atoms with Crippen LogP contribution in [0.25, 0.3) is 22.2 Å². The van der Waals surface area contributed by atoms with Gasteiger partial charge in [0.2, 0.25) is 11.7 Å². The Morgan fingerprint density at radius 2 is 1.77 bits per heavy atom. The minimum absolute atomic E-state index is 0.291. The van der Waals surface area contributed by atoms with Crippen LogP contribution < -0.4 is 10.1 Å². The van der Waals surface area contributed by atoms with Crippen molar-refractivity contribution in [2.75, 3.05) is 7.11 Å². The first-order valence-electron chi connectivity index (χ1n) is 10.4. The van der Waals surface area contributed by atoms with Gasteiger partial charge in [0.05, 0.1) is 7.11 Å². The highest BCUT2D eigenvalue weighted by Crippen LogP contribution is 2.38. The highest BCUT2D eigenvalue weighted by atomic mass is 16.5. The second kappa shape index (κ2) is 7.92. The number of benzene rings is 3. The summed E-state index contributed by atoms with van der Waals surface area (Å²) in [6.45, 7) is 2.24. The first kappa shape index (κ1) is 18.8. The van der Waals surface area contributed by atoms with Crippen LogP contribution in [0.15, 0.2) is 71.3 Å². The van der Waals surface area contributed by atoms with E-state index < -0.39 is 0 Å². The molecule has 1 fully saturated rings. The molecule has 0 spiro atoms. The summed E-state index contributed by atoms with van der Waals surface area (Å²) in [5.41, 5.74) is 2.28. The van der Waals surface area contributed by atoms with Crippen LogP contribution in [-0.2, 0) is 0 Å². The van der Waals surface area contributed by atoms with Gasteiger partial charge in [-0.05, 0) is 60.4 Å². The van der Waals surface area contributed by atoms with Crippen molar-refractivity contribution >= 4 is 10.8 Å². The van der Waals surface area contributed by atoms with E-state index in [0.717, 1.165) is 30.0 Å². The van der Waals surface area contributed by atoms with Crippen LogP contribution in [0.3, 0.4) is 0 Å². The monoisotopic (exact) mass is 399 g/mol. The van der Waals surface area contributed by atoms with Gasteiger partial charge in [0.25, 0.3) is 0 Å². The summed E-state index contributed by atoms with van der Waals surface area (Å²) in [4.78, 5) is 4.62. The maximum Gasteiger partial charge on any atom is 0.230 e. The Morgan fingerprint density at radius 1 is 1.00 bits per heavy atom. The first-order valence-corrected chi connectivity index (χ1v) is 10.4. The second-order valence-electron chi connectivity index (χ2n) is 8.01. The molecule has 3 aromatic carbocycles. The molecule has 4 aromatic rings. The van der Waals surface area contributed by atoms with Gasteiger partial charge in [-0.1, -0.05) is 47.6 Å². The topological polar surface area (TPSA) is 60.2 Å². The molecule has 0 aliphatic heterocycles. The normalized spacial score (nSPS) is 19.4. The van der Waals surface area contributed by atoms with Gasteiger partial charge in [0, 0.05) is 23.6 Å². The predicted octanol–water partition coefficient (Wildman–Crippen LogP) is 5.50. The number of methoxy groups -OCH3 is 1. The van der Waals surface area contributed by atoms with Crippen molar-refractivity contribution in [1.82, 2.24) is 15.5 Å². The van der Waals surface area contributed by atoms with Crippen molar-refractivity contribution in [2.24, 2.45) is 0 Å². The van der Waals surface area contributed by atoms with Crippen molar-refractivity contribution < 1.29 is 9.26 Å². The van der Waals surface area contributed by atoms with Gasteiger partial charge in [-0.3, -0.25) is 0 Å². The number of hydrogen-bond acceptors (Lipinski definition) is 5. The van der Waals surface area contributed by atoms with Crippen molar-refractivity contribution in [3.63, 3.8) is 0 Å². The lowest BCUT2D eigenvalue weighted by Crippen LogP contribution is -2.41. The molecular weight excluding hydrogens is 374 g/mol. The molecule has 1 heterocycles. The Balaban J connectivity index is 1.22. The number of fused-ring (bicyclic) bond motifs is 1. The number of ether oxygens (including phenoxy) is 1. The van der Waals surface area contributed by atoms with Crippen LogP contribution in [0.5, 0.6) is 5.75 Å². The van der Waals surface area contributed by atoms with Crippen molar-refractivity contribution in [3.05, 3.63) is 78.2 Å². The molecule has 1 aliphatic rings. The molecule has 152 valence electrons. The first-order chi connectivity index (χ1) is 14.7. The minimum atomic E-state index is 0.291. The summed E-state index contributed by atoms with van der Waals surface area (Å²) >= 11 is 0. The van der Waals surface area contributed by atoms with E-state index in [9.17, 15) is 0 Å². The van der Waals surface area contributed by atoms with E-state index in [-0.39, 0.29) is 0 Å². The number of nitrogens with zero attached hydrogens (tertiary/aromatic N) is 2. The quantitative estimate of drug-likeness (QED) is 0.464. The average Bonchev–Trinajstić information content (AvgIpc) is 3.25. The van der Waals surface area contributed by atoms with Gasteiger partial charge in [0.1, 0.15) is 5.75 Å². The van der Waals surface area contributed by atoms with E-state index >= 15 is 0 Å². The van der Waals surface area contributed by atoms with Gasteiger partial charge in [-0.2, -0.15) is 4.98 Å². The summed E-state index contributed by atoms with van der Waals surface area (Å²) in [5.74, 6) is 2.50. The smallest absolute Gasteiger partial charge is 0.230 e. The van der Waals surface area contributed by atoms with E-state index in [1.54, 1.807) is 7.11 Å². The predicted molar refractivity (Wildman–Crippen MR) is 118 cm³/mol. The zero-order valence-electron chi connectivity index (χ0n) is 17.2. The Morgan fingerprint density at radius 3 is 2.57 bits per heavy atom. The highest BCUT2D eigenvalue weighted by molar-refractivity contribution is 5.86. The maximum atomic E-state index is 5.56. The van der Waals surface area contributed by atoms with Crippen molar-refractivity contribution in [2.45, 2.75) is 37.8 Å². The summed E-state index contributed by atoms with van der Waals surface area (Å²) in [6.07, 6.45) is 2.03. The number of hydrogen-bond donors (Lipinski definition) is 1. The Hall–Kier alpha value is -3.18. The molecule has 0 amide bonds. The van der Waals surface area contributed by atoms with E-state index in [1.165, 1.54) is 16.3 Å². The molecule has 5 nitrogen and oxygen atoms in total. The van der Waals surface area contributed by atoms with Crippen LogP contribution in [-0.4, -0.2) is 23.3 Å². The maximum absolute atomic E-state index is 5.56. The summed E-state index contributed by atoms with van der Waals surface area (Å²) in [5, 5.41) is 10.5. The van der Waals surface area contributed by atoms with Crippen LogP contribution in [0.4, 0.5) is 0 Å². The van der Waals surface area contributed by atoms with Crippen LogP contribution >= 0.6 is 0 Å². The fraction of sp³-hybridized carbons (Fsp3) is 0.280. The van der Waals surface area contributed by atoms with Gasteiger partial charge in [-0.25, -0.2) is 0 Å². The standard InChI is InChI=1S/C25H25N3O2/c1-16(22-9-5-7-17-6-3-4-8-23(17)22)26-20-14-19(15-20)25-27-24(28-30-25)18-10-12-21(29-2)13-11-18/h3-13,16,19-20,26H,14-15H2,1-2H3/t16-,19?,20?/m1/s1. The lowest BCUT2D eigenvalue weighted by atomic mass is 9.79. The molecule has 1 aliphatic carbocycles. The Bertz CT molecular complexity index is 1140. The molecule has 5 heteroatoms. The largest absolute Gasteiger partial charge is 0.497 e. The molecule has 5 rings (SSSR count). The third kappa shape index (κ3) is 3.57. The lowest BCUT2D eigenvalue weighted by Gasteiger charge is -2.36. The number of aromatic nitrogens is 2. The Kier molecular flexibility index (Phi) is 4.97. The summed E-state index contributed by atoms with van der Waals surface area (Å²) in [6, 6.07) is 23.5. The van der Waals surface area contributed by atoms with Gasteiger partial charge >= 0.3 is 0 Å². The number of nitrogens with one attached hydrogen (secondary N) is 1. The molecule has 0 saturated heterocycles. The Labute approximate surface area is 176 Å². The van der Waals surface area contributed by atoms with E-state index in [0.29, 0.717) is 23.8 Å². The molecule has 1 aromatic heterocycles. The third-order valence-corrected chi connectivity index (χ3v) is 6.05. The number of rotatable bonds is 6. The van der Waals surface area contributed by atoms with Gasteiger partial charge < -0.3 is 14.6 Å². The molecule has 0 unspecified atom stereocenters. The van der Waals surface area contributed by atoms with Crippen LogP contribution in [0.2, 0.25) is 0 Å².